The van der Waals surface area contributed by atoms with Gasteiger partial charge in [-0.3, -0.25) is 0 Å². The molecule has 31 heavy (non-hydrogen) atoms. The van der Waals surface area contributed by atoms with Crippen LogP contribution in [0.25, 0.3) is 0 Å². The summed E-state index contributed by atoms with van der Waals surface area (Å²) in [7, 11) is 3.17. The van der Waals surface area contributed by atoms with Gasteiger partial charge in [0, 0.05) is 13.1 Å². The predicted octanol–water partition coefficient (Wildman–Crippen LogP) is 1.67. The first-order valence-electron chi connectivity index (χ1n) is 9.14. The van der Waals surface area contributed by atoms with Gasteiger partial charge >= 0.3 is 11.9 Å². The molecule has 9 nitrogen and oxygen atoms in total. The molecule has 0 spiro atoms. The van der Waals surface area contributed by atoms with E-state index < -0.39 is 18.0 Å². The second kappa shape index (κ2) is 13.9. The first-order chi connectivity index (χ1) is 14.8. The van der Waals surface area contributed by atoms with Gasteiger partial charge in [-0.05, 0) is 35.4 Å². The van der Waals surface area contributed by atoms with Crippen molar-refractivity contribution in [2.75, 3.05) is 27.4 Å². The van der Waals surface area contributed by atoms with Crippen LogP contribution in [0.3, 0.4) is 0 Å². The SMILES string of the molecule is COc1ccc(COCC(O)CNCc2ccc(F)cc2)cc1OC.O=C(O)C(=O)O. The number of benzene rings is 2. The van der Waals surface area contributed by atoms with Crippen molar-refractivity contribution in [2.24, 2.45) is 0 Å². The Kier molecular flexibility index (Phi) is 11.6. The second-order valence-electron chi connectivity index (χ2n) is 6.23. The topological polar surface area (TPSA) is 135 Å². The van der Waals surface area contributed by atoms with Crippen molar-refractivity contribution in [3.05, 3.63) is 59.4 Å². The molecule has 1 unspecified atom stereocenters. The number of ether oxygens (including phenoxy) is 3. The predicted molar refractivity (Wildman–Crippen MR) is 109 cm³/mol. The first-order valence-corrected chi connectivity index (χ1v) is 9.14. The van der Waals surface area contributed by atoms with Crippen LogP contribution < -0.4 is 14.8 Å². The highest BCUT2D eigenvalue weighted by molar-refractivity contribution is 6.27. The van der Waals surface area contributed by atoms with Gasteiger partial charge in [0.05, 0.1) is 33.5 Å². The molecule has 0 radical (unpaired) electrons. The zero-order chi connectivity index (χ0) is 23.2. The fraction of sp³-hybridized carbons (Fsp3) is 0.333. The zero-order valence-electron chi connectivity index (χ0n) is 17.2. The monoisotopic (exact) mass is 439 g/mol. The average molecular weight is 439 g/mol. The molecule has 170 valence electrons. The van der Waals surface area contributed by atoms with Crippen LogP contribution in [-0.4, -0.2) is 60.7 Å². The van der Waals surface area contributed by atoms with Crippen molar-refractivity contribution in [2.45, 2.75) is 19.3 Å². The highest BCUT2D eigenvalue weighted by Gasteiger charge is 2.07. The number of nitrogens with one attached hydrogen (secondary N) is 1. The third kappa shape index (κ3) is 10.4. The molecule has 1 atom stereocenters. The van der Waals surface area contributed by atoms with Crippen molar-refractivity contribution in [3.8, 4) is 11.5 Å². The largest absolute Gasteiger partial charge is 0.493 e. The molecule has 2 aromatic carbocycles. The van der Waals surface area contributed by atoms with Gasteiger partial charge < -0.3 is 34.8 Å². The Morgan fingerprint density at radius 2 is 1.55 bits per heavy atom. The Morgan fingerprint density at radius 3 is 2.10 bits per heavy atom. The minimum Gasteiger partial charge on any atom is -0.493 e. The van der Waals surface area contributed by atoms with E-state index in [2.05, 4.69) is 5.32 Å². The maximum atomic E-state index is 12.8. The number of aliphatic carboxylic acids is 2. The first kappa shape index (κ1) is 25.8. The molecule has 0 fully saturated rings. The molecule has 2 rings (SSSR count). The maximum Gasteiger partial charge on any atom is 0.414 e. The van der Waals surface area contributed by atoms with Gasteiger partial charge in [0.25, 0.3) is 0 Å². The normalized spacial score (nSPS) is 11.1. The minimum absolute atomic E-state index is 0.213. The molecule has 10 heteroatoms. The van der Waals surface area contributed by atoms with E-state index >= 15 is 0 Å². The van der Waals surface area contributed by atoms with Gasteiger partial charge in [0.1, 0.15) is 5.82 Å². The van der Waals surface area contributed by atoms with E-state index in [1.165, 1.54) is 12.1 Å². The highest BCUT2D eigenvalue weighted by Crippen LogP contribution is 2.27. The lowest BCUT2D eigenvalue weighted by Gasteiger charge is -2.13. The van der Waals surface area contributed by atoms with Crippen LogP contribution in [0.5, 0.6) is 11.5 Å². The quantitative estimate of drug-likeness (QED) is 0.408. The van der Waals surface area contributed by atoms with E-state index in [0.29, 0.717) is 31.2 Å². The summed E-state index contributed by atoms with van der Waals surface area (Å²) in [4.78, 5) is 18.2. The summed E-state index contributed by atoms with van der Waals surface area (Å²) in [6.07, 6.45) is -0.624. The summed E-state index contributed by atoms with van der Waals surface area (Å²) in [6, 6.07) is 11.8. The molecule has 4 N–H and O–H groups in total. The number of aliphatic hydroxyl groups excluding tert-OH is 1. The number of carbonyl (C=O) groups is 2. The fourth-order valence-corrected chi connectivity index (χ4v) is 2.33. The zero-order valence-corrected chi connectivity index (χ0v) is 17.2. The van der Waals surface area contributed by atoms with Gasteiger partial charge in [-0.2, -0.15) is 0 Å². The standard InChI is InChI=1S/C19H24FNO4.C2H2O4/c1-23-18-8-5-15(9-19(18)24-2)12-25-13-17(22)11-21-10-14-3-6-16(20)7-4-14;3-1(4)2(5)6/h3-9,17,21-22H,10-13H2,1-2H3;(H,3,4)(H,5,6). The number of aliphatic hydroxyl groups is 1. The Hall–Kier alpha value is -3.21. The summed E-state index contributed by atoms with van der Waals surface area (Å²) >= 11 is 0. The minimum atomic E-state index is -1.82. The summed E-state index contributed by atoms with van der Waals surface area (Å²) in [5.74, 6) is -2.60. The molecule has 0 saturated heterocycles. The number of methoxy groups -OCH3 is 2. The lowest BCUT2D eigenvalue weighted by molar-refractivity contribution is -0.159. The van der Waals surface area contributed by atoms with Crippen LogP contribution >= 0.6 is 0 Å². The average Bonchev–Trinajstić information content (AvgIpc) is 2.75. The Morgan fingerprint density at radius 1 is 0.968 bits per heavy atom. The van der Waals surface area contributed by atoms with E-state index in [9.17, 15) is 9.50 Å². The molecule has 0 aliphatic carbocycles. The third-order valence-corrected chi connectivity index (χ3v) is 3.83. The van der Waals surface area contributed by atoms with Gasteiger partial charge in [-0.1, -0.05) is 18.2 Å². The van der Waals surface area contributed by atoms with E-state index in [0.717, 1.165) is 11.1 Å². The van der Waals surface area contributed by atoms with Crippen LogP contribution in [0.2, 0.25) is 0 Å². The van der Waals surface area contributed by atoms with Crippen LogP contribution in [0, 0.1) is 5.82 Å². The lowest BCUT2D eigenvalue weighted by atomic mass is 10.2. The van der Waals surface area contributed by atoms with E-state index in [-0.39, 0.29) is 12.4 Å². The molecular formula is C21H26FNO8. The van der Waals surface area contributed by atoms with Gasteiger partial charge in [-0.15, -0.1) is 0 Å². The molecule has 0 aliphatic heterocycles. The Bertz CT molecular complexity index is 817. The van der Waals surface area contributed by atoms with Gasteiger partial charge in [0.2, 0.25) is 0 Å². The van der Waals surface area contributed by atoms with Crippen LogP contribution in [0.15, 0.2) is 42.5 Å². The van der Waals surface area contributed by atoms with Crippen molar-refractivity contribution in [1.29, 1.82) is 0 Å². The van der Waals surface area contributed by atoms with Gasteiger partial charge in [-0.25, -0.2) is 14.0 Å². The molecular weight excluding hydrogens is 413 g/mol. The van der Waals surface area contributed by atoms with Crippen molar-refractivity contribution in [3.63, 3.8) is 0 Å². The molecule has 0 bridgehead atoms. The van der Waals surface area contributed by atoms with E-state index in [1.54, 1.807) is 26.4 Å². The van der Waals surface area contributed by atoms with E-state index in [4.69, 9.17) is 34.0 Å². The molecule has 0 saturated carbocycles. The lowest BCUT2D eigenvalue weighted by Crippen LogP contribution is -2.30. The number of hydrogen-bond donors (Lipinski definition) is 4. The number of carboxylic acid groups (broad SMARTS) is 2. The number of carboxylic acids is 2. The van der Waals surface area contributed by atoms with Gasteiger partial charge in [0.15, 0.2) is 11.5 Å². The maximum absolute atomic E-state index is 12.8. The molecule has 2 aromatic rings. The van der Waals surface area contributed by atoms with Crippen LogP contribution in [0.1, 0.15) is 11.1 Å². The smallest absolute Gasteiger partial charge is 0.414 e. The summed E-state index contributed by atoms with van der Waals surface area (Å²) in [5, 5.41) is 27.8. The summed E-state index contributed by atoms with van der Waals surface area (Å²) in [5.41, 5.74) is 1.89. The summed E-state index contributed by atoms with van der Waals surface area (Å²) < 4.78 is 28.8. The Labute approximate surface area is 179 Å². The molecule has 0 amide bonds. The number of rotatable bonds is 10. The number of halogens is 1. The second-order valence-corrected chi connectivity index (χ2v) is 6.23. The molecule has 0 heterocycles. The highest BCUT2D eigenvalue weighted by atomic mass is 19.1. The molecule has 0 aromatic heterocycles. The summed E-state index contributed by atoms with van der Waals surface area (Å²) in [6.45, 7) is 1.54. The fourth-order valence-electron chi connectivity index (χ4n) is 2.33. The van der Waals surface area contributed by atoms with Crippen molar-refractivity contribution >= 4 is 11.9 Å². The van der Waals surface area contributed by atoms with Crippen molar-refractivity contribution in [1.82, 2.24) is 5.32 Å². The molecule has 0 aliphatic rings. The van der Waals surface area contributed by atoms with E-state index in [1.807, 2.05) is 18.2 Å². The van der Waals surface area contributed by atoms with Crippen LogP contribution in [-0.2, 0) is 27.5 Å². The van der Waals surface area contributed by atoms with Crippen LogP contribution in [0.4, 0.5) is 4.39 Å². The Balaban J connectivity index is 0.000000703. The van der Waals surface area contributed by atoms with Crippen molar-refractivity contribution < 1.29 is 43.5 Å². The third-order valence-electron chi connectivity index (χ3n) is 3.83. The number of hydrogen-bond acceptors (Lipinski definition) is 7.